The normalized spacial score (nSPS) is 20.4. The summed E-state index contributed by atoms with van der Waals surface area (Å²) >= 11 is 0. The van der Waals surface area contributed by atoms with Crippen molar-refractivity contribution in [2.45, 2.75) is 19.4 Å². The summed E-state index contributed by atoms with van der Waals surface area (Å²) in [5.74, 6) is 0.333. The number of amides is 3. The van der Waals surface area contributed by atoms with Gasteiger partial charge in [0.1, 0.15) is 5.75 Å². The van der Waals surface area contributed by atoms with Gasteiger partial charge in [-0.25, -0.2) is 4.90 Å². The van der Waals surface area contributed by atoms with Gasteiger partial charge in [-0.1, -0.05) is 6.07 Å². The second-order valence-corrected chi connectivity index (χ2v) is 7.02. The van der Waals surface area contributed by atoms with Crippen LogP contribution in [0.2, 0.25) is 0 Å². The van der Waals surface area contributed by atoms with Crippen molar-refractivity contribution in [2.75, 3.05) is 37.7 Å². The van der Waals surface area contributed by atoms with Crippen molar-refractivity contribution in [1.82, 2.24) is 9.80 Å². The van der Waals surface area contributed by atoms with Crippen molar-refractivity contribution < 1.29 is 23.5 Å². The predicted molar refractivity (Wildman–Crippen MR) is 105 cm³/mol. The molecule has 0 saturated carbocycles. The van der Waals surface area contributed by atoms with Gasteiger partial charge in [0.25, 0.3) is 11.8 Å². The average Bonchev–Trinajstić information content (AvgIpc) is 3.36. The SMILES string of the molecule is CCOc1cccc(N2C(=O)CC(N3CCN(C(=O)c4ccco4)CC3)C2=O)c1. The van der Waals surface area contributed by atoms with Gasteiger partial charge in [0.15, 0.2) is 5.76 Å². The molecule has 0 N–H and O–H groups in total. The summed E-state index contributed by atoms with van der Waals surface area (Å²) in [6.45, 7) is 4.42. The highest BCUT2D eigenvalue weighted by Gasteiger charge is 2.43. The van der Waals surface area contributed by atoms with Gasteiger partial charge in [-0.15, -0.1) is 0 Å². The number of imide groups is 1. The molecule has 3 heterocycles. The minimum atomic E-state index is -0.501. The smallest absolute Gasteiger partial charge is 0.289 e. The van der Waals surface area contributed by atoms with E-state index in [1.165, 1.54) is 11.2 Å². The topological polar surface area (TPSA) is 83.3 Å². The van der Waals surface area contributed by atoms with Gasteiger partial charge >= 0.3 is 0 Å². The largest absolute Gasteiger partial charge is 0.494 e. The monoisotopic (exact) mass is 397 g/mol. The molecule has 2 aromatic rings. The van der Waals surface area contributed by atoms with Crippen molar-refractivity contribution in [1.29, 1.82) is 0 Å². The van der Waals surface area contributed by atoms with Crippen LogP contribution in [-0.4, -0.2) is 66.3 Å². The van der Waals surface area contributed by atoms with Crippen LogP contribution in [0.25, 0.3) is 0 Å². The first-order valence-electron chi connectivity index (χ1n) is 9.75. The number of hydrogen-bond acceptors (Lipinski definition) is 6. The van der Waals surface area contributed by atoms with Gasteiger partial charge in [-0.05, 0) is 31.2 Å². The molecule has 2 aliphatic heterocycles. The molecule has 3 amide bonds. The minimum absolute atomic E-state index is 0.143. The maximum Gasteiger partial charge on any atom is 0.289 e. The summed E-state index contributed by atoms with van der Waals surface area (Å²) in [6.07, 6.45) is 1.62. The summed E-state index contributed by atoms with van der Waals surface area (Å²) in [5.41, 5.74) is 0.528. The quantitative estimate of drug-likeness (QED) is 0.715. The first-order valence-corrected chi connectivity index (χ1v) is 9.75. The molecule has 1 aromatic carbocycles. The van der Waals surface area contributed by atoms with Crippen LogP contribution in [0.1, 0.15) is 23.9 Å². The molecule has 2 saturated heterocycles. The molecule has 8 nitrogen and oxygen atoms in total. The molecule has 0 aliphatic carbocycles. The number of hydrogen-bond donors (Lipinski definition) is 0. The first kappa shape index (κ1) is 19.2. The number of rotatable bonds is 5. The molecule has 0 spiro atoms. The van der Waals surface area contributed by atoms with Gasteiger partial charge in [0, 0.05) is 32.2 Å². The Bertz CT molecular complexity index is 903. The number of piperazine rings is 1. The van der Waals surface area contributed by atoms with E-state index >= 15 is 0 Å². The Labute approximate surface area is 168 Å². The van der Waals surface area contributed by atoms with Crippen LogP contribution in [0.5, 0.6) is 5.75 Å². The second kappa shape index (κ2) is 8.08. The van der Waals surface area contributed by atoms with Gasteiger partial charge < -0.3 is 14.1 Å². The van der Waals surface area contributed by atoms with Crippen molar-refractivity contribution in [3.05, 3.63) is 48.4 Å². The summed E-state index contributed by atoms with van der Waals surface area (Å²) in [4.78, 5) is 42.9. The van der Waals surface area contributed by atoms with Crippen molar-refractivity contribution in [2.24, 2.45) is 0 Å². The molecule has 2 aliphatic rings. The van der Waals surface area contributed by atoms with E-state index in [9.17, 15) is 14.4 Å². The molecule has 1 aromatic heterocycles. The van der Waals surface area contributed by atoms with Crippen LogP contribution >= 0.6 is 0 Å². The fourth-order valence-electron chi connectivity index (χ4n) is 3.84. The van der Waals surface area contributed by atoms with E-state index in [2.05, 4.69) is 0 Å². The van der Waals surface area contributed by atoms with E-state index in [-0.39, 0.29) is 24.1 Å². The molecule has 8 heteroatoms. The molecule has 0 bridgehead atoms. The van der Waals surface area contributed by atoms with Crippen molar-refractivity contribution in [3.63, 3.8) is 0 Å². The fourth-order valence-corrected chi connectivity index (χ4v) is 3.84. The zero-order valence-corrected chi connectivity index (χ0v) is 16.2. The summed E-state index contributed by atoms with van der Waals surface area (Å²) in [6, 6.07) is 9.84. The van der Waals surface area contributed by atoms with E-state index in [4.69, 9.17) is 9.15 Å². The highest BCUT2D eigenvalue weighted by atomic mass is 16.5. The predicted octanol–water partition coefficient (Wildman–Crippen LogP) is 1.77. The lowest BCUT2D eigenvalue weighted by molar-refractivity contribution is -0.123. The van der Waals surface area contributed by atoms with Crippen LogP contribution in [0.4, 0.5) is 5.69 Å². The maximum absolute atomic E-state index is 13.0. The number of benzene rings is 1. The van der Waals surface area contributed by atoms with Gasteiger partial charge in [-0.3, -0.25) is 19.3 Å². The van der Waals surface area contributed by atoms with Crippen LogP contribution in [0.3, 0.4) is 0 Å². The summed E-state index contributed by atoms with van der Waals surface area (Å²) in [5, 5.41) is 0. The Morgan fingerprint density at radius 1 is 1.14 bits per heavy atom. The number of ether oxygens (including phenoxy) is 1. The lowest BCUT2D eigenvalue weighted by Crippen LogP contribution is -2.53. The Morgan fingerprint density at radius 3 is 2.62 bits per heavy atom. The standard InChI is InChI=1S/C21H23N3O5/c1-2-28-16-6-3-5-15(13-16)24-19(25)14-17(20(24)26)22-8-10-23(11-9-22)21(27)18-7-4-12-29-18/h3-7,12-13,17H,2,8-11,14H2,1H3. The van der Waals surface area contributed by atoms with E-state index in [1.807, 2.05) is 11.8 Å². The fraction of sp³-hybridized carbons (Fsp3) is 0.381. The third-order valence-corrected chi connectivity index (χ3v) is 5.28. The van der Waals surface area contributed by atoms with Gasteiger partial charge in [-0.2, -0.15) is 0 Å². The van der Waals surface area contributed by atoms with E-state index in [1.54, 1.807) is 41.3 Å². The molecular formula is C21H23N3O5. The lowest BCUT2D eigenvalue weighted by Gasteiger charge is -2.36. The summed E-state index contributed by atoms with van der Waals surface area (Å²) in [7, 11) is 0. The van der Waals surface area contributed by atoms with E-state index in [0.717, 1.165) is 0 Å². The highest BCUT2D eigenvalue weighted by Crippen LogP contribution is 2.29. The second-order valence-electron chi connectivity index (χ2n) is 7.02. The highest BCUT2D eigenvalue weighted by molar-refractivity contribution is 6.22. The number of nitrogens with zero attached hydrogens (tertiary/aromatic N) is 3. The Kier molecular flexibility index (Phi) is 5.35. The van der Waals surface area contributed by atoms with Crippen molar-refractivity contribution in [3.8, 4) is 5.75 Å². The molecule has 29 heavy (non-hydrogen) atoms. The van der Waals surface area contributed by atoms with Crippen LogP contribution in [0, 0.1) is 0 Å². The molecule has 152 valence electrons. The maximum atomic E-state index is 13.0. The zero-order chi connectivity index (χ0) is 20.4. The van der Waals surface area contributed by atoms with Gasteiger partial charge in [0.2, 0.25) is 5.91 Å². The molecule has 1 atom stereocenters. The third kappa shape index (κ3) is 3.75. The first-order chi connectivity index (χ1) is 14.1. The minimum Gasteiger partial charge on any atom is -0.494 e. The third-order valence-electron chi connectivity index (χ3n) is 5.28. The number of anilines is 1. The molecule has 1 unspecified atom stereocenters. The Hall–Kier alpha value is -3.13. The molecular weight excluding hydrogens is 374 g/mol. The van der Waals surface area contributed by atoms with Crippen LogP contribution < -0.4 is 9.64 Å². The van der Waals surface area contributed by atoms with Crippen LogP contribution in [-0.2, 0) is 9.59 Å². The van der Waals surface area contributed by atoms with E-state index < -0.39 is 6.04 Å². The summed E-state index contributed by atoms with van der Waals surface area (Å²) < 4.78 is 10.7. The molecule has 0 radical (unpaired) electrons. The van der Waals surface area contributed by atoms with Crippen molar-refractivity contribution >= 4 is 23.4 Å². The lowest BCUT2D eigenvalue weighted by atomic mass is 10.1. The number of furan rings is 1. The average molecular weight is 397 g/mol. The Morgan fingerprint density at radius 2 is 1.93 bits per heavy atom. The van der Waals surface area contributed by atoms with Crippen LogP contribution in [0.15, 0.2) is 47.1 Å². The van der Waals surface area contributed by atoms with E-state index in [0.29, 0.717) is 50.0 Å². The zero-order valence-electron chi connectivity index (χ0n) is 16.2. The Balaban J connectivity index is 1.42. The van der Waals surface area contributed by atoms with Gasteiger partial charge in [0.05, 0.1) is 31.0 Å². The number of carbonyl (C=O) groups excluding carboxylic acids is 3. The molecule has 4 rings (SSSR count). The number of carbonyl (C=O) groups is 3. The molecule has 2 fully saturated rings.